The van der Waals surface area contributed by atoms with Crippen molar-refractivity contribution < 1.29 is 0 Å². The second-order valence-corrected chi connectivity index (χ2v) is 6.27. The van der Waals surface area contributed by atoms with E-state index in [1.54, 1.807) is 0 Å². The molecule has 0 aliphatic carbocycles. The first kappa shape index (κ1) is 15.7. The van der Waals surface area contributed by atoms with Crippen LogP contribution in [0.2, 0.25) is 0 Å². The summed E-state index contributed by atoms with van der Waals surface area (Å²) in [5, 5.41) is 0. The van der Waals surface area contributed by atoms with Crippen LogP contribution >= 0.6 is 0 Å². The third-order valence-electron chi connectivity index (χ3n) is 4.05. The highest BCUT2D eigenvalue weighted by Gasteiger charge is 2.24. The van der Waals surface area contributed by atoms with Gasteiger partial charge in [-0.3, -0.25) is 0 Å². The van der Waals surface area contributed by atoms with Crippen LogP contribution in [0.1, 0.15) is 73.6 Å². The molecule has 96 valence electrons. The van der Waals surface area contributed by atoms with Crippen molar-refractivity contribution in [2.24, 2.45) is 17.3 Å². The van der Waals surface area contributed by atoms with Crippen LogP contribution in [0.5, 0.6) is 0 Å². The molecule has 0 saturated carbocycles. The normalized spacial score (nSPS) is 15.9. The van der Waals surface area contributed by atoms with Crippen molar-refractivity contribution in [2.45, 2.75) is 73.6 Å². The Morgan fingerprint density at radius 2 is 1.81 bits per heavy atom. The van der Waals surface area contributed by atoms with Crippen molar-refractivity contribution in [2.75, 3.05) is 0 Å². The Morgan fingerprint density at radius 1 is 1.25 bits per heavy atom. The standard InChI is InChI=1S/C16H32/c1-8-10-14(5)11-15(9-2)12-16(6,7)13(3)4/h14-15H,3,8-12H2,1-2,4-7H3. The molecule has 0 nitrogen and oxygen atoms in total. The van der Waals surface area contributed by atoms with E-state index in [9.17, 15) is 0 Å². The van der Waals surface area contributed by atoms with Gasteiger partial charge in [-0.25, -0.2) is 0 Å². The lowest BCUT2D eigenvalue weighted by Crippen LogP contribution is -2.19. The predicted octanol–water partition coefficient (Wildman–Crippen LogP) is 5.83. The van der Waals surface area contributed by atoms with Crippen molar-refractivity contribution in [3.63, 3.8) is 0 Å². The summed E-state index contributed by atoms with van der Waals surface area (Å²) in [5.41, 5.74) is 1.64. The van der Waals surface area contributed by atoms with Crippen molar-refractivity contribution in [1.82, 2.24) is 0 Å². The van der Waals surface area contributed by atoms with Crippen LogP contribution in [-0.2, 0) is 0 Å². The molecule has 0 bridgehead atoms. The molecule has 0 N–H and O–H groups in total. The largest absolute Gasteiger partial charge is 0.0996 e. The van der Waals surface area contributed by atoms with Gasteiger partial charge in [0.2, 0.25) is 0 Å². The maximum atomic E-state index is 4.13. The first-order chi connectivity index (χ1) is 7.33. The molecule has 0 aromatic heterocycles. The van der Waals surface area contributed by atoms with Gasteiger partial charge in [0, 0.05) is 0 Å². The van der Waals surface area contributed by atoms with Crippen LogP contribution in [0.4, 0.5) is 0 Å². The second-order valence-electron chi connectivity index (χ2n) is 6.27. The van der Waals surface area contributed by atoms with E-state index in [0.717, 1.165) is 11.8 Å². The van der Waals surface area contributed by atoms with E-state index in [2.05, 4.69) is 48.1 Å². The molecule has 16 heavy (non-hydrogen) atoms. The van der Waals surface area contributed by atoms with Gasteiger partial charge in [-0.05, 0) is 37.0 Å². The Hall–Kier alpha value is -0.260. The van der Waals surface area contributed by atoms with Gasteiger partial charge in [-0.1, -0.05) is 66.0 Å². The van der Waals surface area contributed by atoms with Crippen LogP contribution in [0.25, 0.3) is 0 Å². The first-order valence-electron chi connectivity index (χ1n) is 6.99. The minimum atomic E-state index is 0.312. The summed E-state index contributed by atoms with van der Waals surface area (Å²) in [7, 11) is 0. The third kappa shape index (κ3) is 5.72. The minimum Gasteiger partial charge on any atom is -0.0996 e. The summed E-state index contributed by atoms with van der Waals surface area (Å²) < 4.78 is 0. The van der Waals surface area contributed by atoms with E-state index in [0.29, 0.717) is 5.41 Å². The van der Waals surface area contributed by atoms with Crippen molar-refractivity contribution in [3.05, 3.63) is 12.2 Å². The molecule has 0 spiro atoms. The number of hydrogen-bond donors (Lipinski definition) is 0. The highest BCUT2D eigenvalue weighted by Crippen LogP contribution is 2.36. The molecule has 0 saturated heterocycles. The first-order valence-corrected chi connectivity index (χ1v) is 6.99. The van der Waals surface area contributed by atoms with Gasteiger partial charge in [-0.15, -0.1) is 0 Å². The number of rotatable bonds is 8. The monoisotopic (exact) mass is 224 g/mol. The van der Waals surface area contributed by atoms with E-state index in [-0.39, 0.29) is 0 Å². The Morgan fingerprint density at radius 3 is 2.19 bits per heavy atom. The fourth-order valence-electron chi connectivity index (χ4n) is 2.47. The van der Waals surface area contributed by atoms with Gasteiger partial charge in [0.15, 0.2) is 0 Å². The Kier molecular flexibility index (Phi) is 7.03. The SMILES string of the molecule is C=C(C)C(C)(C)CC(CC)CC(C)CCC. The average Bonchev–Trinajstić information content (AvgIpc) is 2.16. The van der Waals surface area contributed by atoms with Crippen molar-refractivity contribution in [3.8, 4) is 0 Å². The van der Waals surface area contributed by atoms with E-state index in [1.807, 2.05) is 0 Å². The van der Waals surface area contributed by atoms with Crippen molar-refractivity contribution in [1.29, 1.82) is 0 Å². The summed E-state index contributed by atoms with van der Waals surface area (Å²) in [6.45, 7) is 18.0. The fourth-order valence-corrected chi connectivity index (χ4v) is 2.47. The van der Waals surface area contributed by atoms with Gasteiger partial charge < -0.3 is 0 Å². The lowest BCUT2D eigenvalue weighted by molar-refractivity contribution is 0.262. The highest BCUT2D eigenvalue weighted by molar-refractivity contribution is 5.03. The van der Waals surface area contributed by atoms with Gasteiger partial charge in [0.05, 0.1) is 0 Å². The van der Waals surface area contributed by atoms with Crippen LogP contribution < -0.4 is 0 Å². The molecule has 0 aliphatic heterocycles. The lowest BCUT2D eigenvalue weighted by atomic mass is 9.74. The molecule has 0 radical (unpaired) electrons. The molecule has 0 aromatic carbocycles. The van der Waals surface area contributed by atoms with Gasteiger partial charge >= 0.3 is 0 Å². The van der Waals surface area contributed by atoms with E-state index in [1.165, 1.54) is 37.7 Å². The van der Waals surface area contributed by atoms with Crippen LogP contribution in [0.3, 0.4) is 0 Å². The van der Waals surface area contributed by atoms with Crippen LogP contribution in [0, 0.1) is 17.3 Å². The third-order valence-corrected chi connectivity index (χ3v) is 4.05. The molecule has 0 heterocycles. The zero-order valence-electron chi connectivity index (χ0n) is 12.4. The fraction of sp³-hybridized carbons (Fsp3) is 0.875. The number of allylic oxidation sites excluding steroid dienone is 1. The molecule has 2 unspecified atom stereocenters. The molecule has 0 rings (SSSR count). The van der Waals surface area contributed by atoms with Crippen molar-refractivity contribution >= 4 is 0 Å². The molecule has 0 aromatic rings. The summed E-state index contributed by atoms with van der Waals surface area (Å²) in [4.78, 5) is 0. The number of hydrogen-bond acceptors (Lipinski definition) is 0. The zero-order chi connectivity index (χ0) is 12.8. The smallest absolute Gasteiger partial charge is 0.0147 e. The summed E-state index contributed by atoms with van der Waals surface area (Å²) in [5.74, 6) is 1.75. The molecule has 2 atom stereocenters. The van der Waals surface area contributed by atoms with Crippen LogP contribution in [0.15, 0.2) is 12.2 Å². The molecule has 0 fully saturated rings. The predicted molar refractivity (Wildman–Crippen MR) is 75.7 cm³/mol. The molecular weight excluding hydrogens is 192 g/mol. The Balaban J connectivity index is 4.24. The molecule has 0 heteroatoms. The van der Waals surface area contributed by atoms with E-state index >= 15 is 0 Å². The zero-order valence-corrected chi connectivity index (χ0v) is 12.4. The van der Waals surface area contributed by atoms with Gasteiger partial charge in [-0.2, -0.15) is 0 Å². The molecule has 0 amide bonds. The quantitative estimate of drug-likeness (QED) is 0.455. The Bertz CT molecular complexity index is 200. The molecular formula is C16H32. The van der Waals surface area contributed by atoms with Gasteiger partial charge in [0.25, 0.3) is 0 Å². The minimum absolute atomic E-state index is 0.312. The topological polar surface area (TPSA) is 0 Å². The average molecular weight is 224 g/mol. The summed E-state index contributed by atoms with van der Waals surface area (Å²) >= 11 is 0. The van der Waals surface area contributed by atoms with Gasteiger partial charge in [0.1, 0.15) is 0 Å². The second kappa shape index (κ2) is 7.14. The Labute approximate surface area is 104 Å². The maximum Gasteiger partial charge on any atom is -0.0147 e. The summed E-state index contributed by atoms with van der Waals surface area (Å²) in [6, 6.07) is 0. The maximum absolute atomic E-state index is 4.13. The van der Waals surface area contributed by atoms with E-state index in [4.69, 9.17) is 0 Å². The van der Waals surface area contributed by atoms with Crippen LogP contribution in [-0.4, -0.2) is 0 Å². The lowest BCUT2D eigenvalue weighted by Gasteiger charge is -2.31. The summed E-state index contributed by atoms with van der Waals surface area (Å²) in [6.07, 6.45) is 6.70. The molecule has 0 aliphatic rings. The van der Waals surface area contributed by atoms with E-state index < -0.39 is 0 Å². The highest BCUT2D eigenvalue weighted by atomic mass is 14.3.